The number of benzene rings is 1. The molecule has 1 aliphatic heterocycles. The van der Waals surface area contributed by atoms with E-state index in [1.54, 1.807) is 0 Å². The van der Waals surface area contributed by atoms with E-state index in [9.17, 15) is 0 Å². The first-order valence-electron chi connectivity index (χ1n) is 6.59. The lowest BCUT2D eigenvalue weighted by Crippen LogP contribution is -2.25. The largest absolute Gasteiger partial charge is 0.483 e. The van der Waals surface area contributed by atoms with Gasteiger partial charge in [-0.05, 0) is 43.5 Å². The monoisotopic (exact) mass is 246 g/mol. The maximum atomic E-state index is 5.88. The van der Waals surface area contributed by atoms with Gasteiger partial charge in [-0.2, -0.15) is 0 Å². The van der Waals surface area contributed by atoms with Gasteiger partial charge in [-0.3, -0.25) is 0 Å². The van der Waals surface area contributed by atoms with Crippen molar-refractivity contribution in [2.75, 3.05) is 0 Å². The molecule has 1 aromatic carbocycles. The van der Waals surface area contributed by atoms with Gasteiger partial charge in [-0.15, -0.1) is 0 Å². The Kier molecular flexibility index (Phi) is 3.15. The summed E-state index contributed by atoms with van der Waals surface area (Å²) in [5.74, 6) is 1.15. The van der Waals surface area contributed by atoms with Gasteiger partial charge in [-0.25, -0.2) is 0 Å². The molecule has 0 amide bonds. The van der Waals surface area contributed by atoms with Gasteiger partial charge in [0.15, 0.2) is 5.05 Å². The van der Waals surface area contributed by atoms with Crippen molar-refractivity contribution in [3.63, 3.8) is 0 Å². The molecule has 3 atom stereocenters. The quantitative estimate of drug-likeness (QED) is 0.735. The van der Waals surface area contributed by atoms with Crippen LogP contribution in [0.3, 0.4) is 0 Å². The van der Waals surface area contributed by atoms with E-state index < -0.39 is 0 Å². The van der Waals surface area contributed by atoms with Crippen molar-refractivity contribution in [1.29, 1.82) is 0 Å². The van der Waals surface area contributed by atoms with E-state index in [0.717, 1.165) is 11.5 Å². The Morgan fingerprint density at radius 3 is 2.71 bits per heavy atom. The van der Waals surface area contributed by atoms with E-state index in [1.807, 2.05) is 0 Å². The highest BCUT2D eigenvalue weighted by atomic mass is 32.1. The molecule has 90 valence electrons. The minimum atomic E-state index is 0.421. The molecule has 1 nitrogen and oxygen atoms in total. The van der Waals surface area contributed by atoms with Crippen LogP contribution >= 0.6 is 12.2 Å². The van der Waals surface area contributed by atoms with Crippen LogP contribution in [0.5, 0.6) is 0 Å². The highest BCUT2D eigenvalue weighted by Gasteiger charge is 2.42. The lowest BCUT2D eigenvalue weighted by atomic mass is 9.78. The fourth-order valence-corrected chi connectivity index (χ4v) is 3.63. The molecule has 0 aromatic heterocycles. The van der Waals surface area contributed by atoms with Crippen molar-refractivity contribution < 1.29 is 4.74 Å². The molecule has 2 fully saturated rings. The van der Waals surface area contributed by atoms with E-state index in [1.165, 1.54) is 31.2 Å². The average molecular weight is 246 g/mol. The van der Waals surface area contributed by atoms with E-state index in [-0.39, 0.29) is 0 Å². The van der Waals surface area contributed by atoms with Crippen LogP contribution in [0, 0.1) is 11.8 Å². The molecule has 3 rings (SSSR count). The lowest BCUT2D eigenvalue weighted by Gasteiger charge is -2.25. The maximum Gasteiger partial charge on any atom is 0.163 e. The molecular weight excluding hydrogens is 228 g/mol. The molecule has 1 saturated heterocycles. The number of ether oxygens (including phenoxy) is 1. The molecule has 0 N–H and O–H groups in total. The van der Waals surface area contributed by atoms with E-state index in [0.29, 0.717) is 17.9 Å². The first-order chi connectivity index (χ1) is 8.34. The van der Waals surface area contributed by atoms with Gasteiger partial charge < -0.3 is 4.74 Å². The van der Waals surface area contributed by atoms with Crippen LogP contribution in [0.15, 0.2) is 30.3 Å². The van der Waals surface area contributed by atoms with Gasteiger partial charge in [0.2, 0.25) is 0 Å². The zero-order valence-corrected chi connectivity index (χ0v) is 10.8. The fraction of sp³-hybridized carbons (Fsp3) is 0.533. The second-order valence-electron chi connectivity index (χ2n) is 5.22. The lowest BCUT2D eigenvalue weighted by molar-refractivity contribution is 0.123. The van der Waals surface area contributed by atoms with Crippen LogP contribution in [0.4, 0.5) is 0 Å². The summed E-state index contributed by atoms with van der Waals surface area (Å²) in [6, 6.07) is 10.7. The number of rotatable bonds is 2. The van der Waals surface area contributed by atoms with Gasteiger partial charge in [0.1, 0.15) is 6.10 Å². The number of thiocarbonyl (C=S) groups is 1. The molecular formula is C15H18OS. The molecule has 0 radical (unpaired) electrons. The third-order valence-electron chi connectivity index (χ3n) is 4.14. The molecule has 1 aliphatic carbocycles. The highest BCUT2D eigenvalue weighted by molar-refractivity contribution is 7.80. The smallest absolute Gasteiger partial charge is 0.163 e. The Morgan fingerprint density at radius 1 is 1.12 bits per heavy atom. The normalized spacial score (nSPS) is 32.0. The van der Waals surface area contributed by atoms with Gasteiger partial charge in [0, 0.05) is 11.8 Å². The zero-order valence-electron chi connectivity index (χ0n) is 9.97. The summed E-state index contributed by atoms with van der Waals surface area (Å²) in [6.45, 7) is 0. The first kappa shape index (κ1) is 11.2. The summed E-state index contributed by atoms with van der Waals surface area (Å²) in [6.07, 6.45) is 6.63. The predicted octanol–water partition coefficient (Wildman–Crippen LogP) is 3.76. The molecule has 3 unspecified atom stereocenters. The van der Waals surface area contributed by atoms with Crippen LogP contribution in [0.25, 0.3) is 0 Å². The van der Waals surface area contributed by atoms with E-state index in [4.69, 9.17) is 17.0 Å². The van der Waals surface area contributed by atoms with Gasteiger partial charge in [-0.1, -0.05) is 36.8 Å². The average Bonchev–Trinajstić information content (AvgIpc) is 2.68. The minimum Gasteiger partial charge on any atom is -0.483 e. The van der Waals surface area contributed by atoms with Crippen LogP contribution in [-0.4, -0.2) is 11.2 Å². The third kappa shape index (κ3) is 2.23. The second-order valence-corrected chi connectivity index (χ2v) is 5.62. The summed E-state index contributed by atoms with van der Waals surface area (Å²) in [5, 5.41) is 0.866. The van der Waals surface area contributed by atoms with Crippen molar-refractivity contribution in [3.05, 3.63) is 35.9 Å². The zero-order chi connectivity index (χ0) is 11.7. The molecule has 1 aromatic rings. The Bertz CT molecular complexity index is 401. The van der Waals surface area contributed by atoms with Crippen molar-refractivity contribution >= 4 is 17.3 Å². The van der Waals surface area contributed by atoms with Gasteiger partial charge in [0.25, 0.3) is 0 Å². The summed E-state index contributed by atoms with van der Waals surface area (Å²) in [4.78, 5) is 0. The van der Waals surface area contributed by atoms with E-state index in [2.05, 4.69) is 30.3 Å². The molecule has 1 heterocycles. The van der Waals surface area contributed by atoms with Gasteiger partial charge in [0.05, 0.1) is 0 Å². The van der Waals surface area contributed by atoms with Crippen molar-refractivity contribution in [2.45, 2.75) is 38.2 Å². The fourth-order valence-electron chi connectivity index (χ4n) is 3.25. The molecule has 0 spiro atoms. The highest BCUT2D eigenvalue weighted by Crippen LogP contribution is 2.40. The topological polar surface area (TPSA) is 9.23 Å². The Balaban J connectivity index is 1.76. The predicted molar refractivity (Wildman–Crippen MR) is 73.1 cm³/mol. The summed E-state index contributed by atoms with van der Waals surface area (Å²) in [5.41, 5.74) is 1.38. The molecule has 1 saturated carbocycles. The van der Waals surface area contributed by atoms with Gasteiger partial charge >= 0.3 is 0 Å². The molecule has 0 bridgehead atoms. The SMILES string of the molecule is S=C1OC2CCCCC2C1Cc1ccccc1. The number of fused-ring (bicyclic) bond motifs is 1. The molecule has 2 heteroatoms. The first-order valence-corrected chi connectivity index (χ1v) is 7.00. The standard InChI is InChI=1S/C15H18OS/c17-15-13(10-11-6-2-1-3-7-11)12-8-4-5-9-14(12)16-15/h1-3,6-7,12-14H,4-5,8-10H2. The summed E-state index contributed by atoms with van der Waals surface area (Å²) < 4.78 is 5.88. The molecule has 17 heavy (non-hydrogen) atoms. The van der Waals surface area contributed by atoms with Crippen LogP contribution in [0.2, 0.25) is 0 Å². The van der Waals surface area contributed by atoms with Crippen LogP contribution in [-0.2, 0) is 11.2 Å². The number of hydrogen-bond donors (Lipinski definition) is 0. The minimum absolute atomic E-state index is 0.421. The third-order valence-corrected chi connectivity index (χ3v) is 4.54. The van der Waals surface area contributed by atoms with Crippen LogP contribution < -0.4 is 0 Å². The van der Waals surface area contributed by atoms with Crippen molar-refractivity contribution in [3.8, 4) is 0 Å². The number of hydrogen-bond acceptors (Lipinski definition) is 2. The summed E-state index contributed by atoms with van der Waals surface area (Å²) in [7, 11) is 0. The van der Waals surface area contributed by atoms with E-state index >= 15 is 0 Å². The Labute approximate surface area is 108 Å². The molecule has 2 aliphatic rings. The second kappa shape index (κ2) is 4.77. The Morgan fingerprint density at radius 2 is 1.88 bits per heavy atom. The van der Waals surface area contributed by atoms with Crippen molar-refractivity contribution in [2.24, 2.45) is 11.8 Å². The van der Waals surface area contributed by atoms with Crippen molar-refractivity contribution in [1.82, 2.24) is 0 Å². The van der Waals surface area contributed by atoms with Crippen LogP contribution in [0.1, 0.15) is 31.2 Å². The maximum absolute atomic E-state index is 5.88. The Hall–Kier alpha value is -0.890. The summed E-state index contributed by atoms with van der Waals surface area (Å²) >= 11 is 5.43.